The lowest BCUT2D eigenvalue weighted by atomic mass is 9.65. The lowest BCUT2D eigenvalue weighted by molar-refractivity contribution is 0.396. The molecule has 0 N–H and O–H groups in total. The number of rotatable bonds is 12. The molecule has 2 unspecified atom stereocenters. The van der Waals surface area contributed by atoms with Gasteiger partial charge in [-0.05, 0) is 92.4 Å². The Morgan fingerprint density at radius 2 is 1.05 bits per heavy atom. The average Bonchev–Trinajstić information content (AvgIpc) is 3.25. The molecule has 38 heavy (non-hydrogen) atoms. The number of hydrogen-bond donors (Lipinski definition) is 0. The predicted molar refractivity (Wildman–Crippen MR) is 164 cm³/mol. The maximum Gasteiger partial charge on any atom is 0.0305 e. The van der Waals surface area contributed by atoms with Gasteiger partial charge >= 0.3 is 0 Å². The summed E-state index contributed by atoms with van der Waals surface area (Å²) in [5.74, 6) is 0.797. The summed E-state index contributed by atoms with van der Waals surface area (Å²) in [6.45, 7) is 17.3. The first-order chi connectivity index (χ1) is 18.1. The monoisotopic (exact) mass is 510 g/mol. The molecule has 0 aliphatic heterocycles. The van der Waals surface area contributed by atoms with Crippen LogP contribution in [0.5, 0.6) is 0 Å². The Labute approximate surface area is 234 Å². The van der Waals surface area contributed by atoms with Gasteiger partial charge in [0.2, 0.25) is 0 Å². The molecule has 0 bridgehead atoms. The van der Waals surface area contributed by atoms with Crippen molar-refractivity contribution in [2.75, 3.05) is 0 Å². The van der Waals surface area contributed by atoms with Gasteiger partial charge in [-0.15, -0.1) is 0 Å². The minimum absolute atomic E-state index is 0.245. The lowest BCUT2D eigenvalue weighted by Crippen LogP contribution is -2.33. The van der Waals surface area contributed by atoms with Crippen molar-refractivity contribution in [3.8, 4) is 11.1 Å². The Balaban J connectivity index is 1.43. The highest BCUT2D eigenvalue weighted by atomic mass is 14.8. The van der Waals surface area contributed by atoms with E-state index in [1.165, 1.54) is 89.9 Å². The van der Waals surface area contributed by atoms with Crippen molar-refractivity contribution >= 4 is 0 Å². The van der Waals surface area contributed by atoms with Crippen LogP contribution in [-0.4, -0.2) is 0 Å². The zero-order valence-electron chi connectivity index (χ0n) is 25.8. The average molecular weight is 511 g/mol. The normalized spacial score (nSPS) is 25.7. The van der Waals surface area contributed by atoms with E-state index in [1.807, 2.05) is 0 Å². The second-order valence-corrected chi connectivity index (χ2v) is 15.4. The van der Waals surface area contributed by atoms with Gasteiger partial charge < -0.3 is 0 Å². The van der Waals surface area contributed by atoms with Crippen LogP contribution >= 0.6 is 0 Å². The summed E-state index contributed by atoms with van der Waals surface area (Å²) in [7, 11) is 0. The van der Waals surface area contributed by atoms with E-state index in [0.29, 0.717) is 16.2 Å². The fourth-order valence-electron chi connectivity index (χ4n) is 9.74. The first-order valence-corrected chi connectivity index (χ1v) is 16.5. The fourth-order valence-corrected chi connectivity index (χ4v) is 9.74. The second-order valence-electron chi connectivity index (χ2n) is 15.4. The lowest BCUT2D eigenvalue weighted by Gasteiger charge is -2.39. The summed E-state index contributed by atoms with van der Waals surface area (Å²) in [6.07, 6.45) is 19.3. The van der Waals surface area contributed by atoms with Crippen molar-refractivity contribution in [2.24, 2.45) is 11.3 Å². The van der Waals surface area contributed by atoms with E-state index in [-0.39, 0.29) is 5.41 Å². The Kier molecular flexibility index (Phi) is 6.48. The highest BCUT2D eigenvalue weighted by molar-refractivity contribution is 5.87. The van der Waals surface area contributed by atoms with E-state index in [1.54, 1.807) is 44.5 Å². The standard InChI is InChI=1S/C38H54/c1-8-10-12-14-16-18-34-37(7,19-17-15-13-11-9-2)38(34)32-22-30-26(24-35(30,3)4)20-28(32)29-21-27-25-36(5,6)31(27)23-33(29)38/h20-23,34H,8-19,24-25H2,1-7H3. The van der Waals surface area contributed by atoms with Gasteiger partial charge in [-0.1, -0.05) is 137 Å². The topological polar surface area (TPSA) is 0 Å². The van der Waals surface area contributed by atoms with Gasteiger partial charge in [0.25, 0.3) is 0 Å². The molecule has 2 aromatic carbocycles. The molecule has 206 valence electrons. The van der Waals surface area contributed by atoms with Crippen LogP contribution in [0.1, 0.15) is 159 Å². The van der Waals surface area contributed by atoms with E-state index in [9.17, 15) is 0 Å². The summed E-state index contributed by atoms with van der Waals surface area (Å²) in [6, 6.07) is 10.8. The number of fused-ring (bicyclic) bond motifs is 7. The first kappa shape index (κ1) is 26.7. The summed E-state index contributed by atoms with van der Waals surface area (Å²) in [5, 5.41) is 0. The molecule has 0 saturated heterocycles. The molecule has 6 rings (SSSR count). The Hall–Kier alpha value is -1.56. The minimum atomic E-state index is 0.245. The molecule has 1 saturated carbocycles. The molecule has 0 heteroatoms. The van der Waals surface area contributed by atoms with Crippen LogP contribution in [0.4, 0.5) is 0 Å². The SMILES string of the molecule is CCCCCCCC1C(C)(CCCCCCC)C12c1cc3c(cc1-c1cc4c(cc12)C(C)(C)C4)CC3(C)C. The van der Waals surface area contributed by atoms with E-state index in [4.69, 9.17) is 0 Å². The third-order valence-electron chi connectivity index (χ3n) is 11.9. The highest BCUT2D eigenvalue weighted by Crippen LogP contribution is 2.80. The van der Waals surface area contributed by atoms with E-state index >= 15 is 0 Å². The third-order valence-corrected chi connectivity index (χ3v) is 11.9. The number of unbranched alkanes of at least 4 members (excludes halogenated alkanes) is 8. The first-order valence-electron chi connectivity index (χ1n) is 16.5. The molecular formula is C38H54. The van der Waals surface area contributed by atoms with Gasteiger partial charge in [0.05, 0.1) is 0 Å². The fraction of sp³-hybridized carbons (Fsp3) is 0.684. The number of benzene rings is 2. The number of hydrogen-bond acceptors (Lipinski definition) is 0. The Bertz CT molecular complexity index is 1150. The van der Waals surface area contributed by atoms with Gasteiger partial charge in [0, 0.05) is 5.41 Å². The van der Waals surface area contributed by atoms with Crippen LogP contribution in [0.15, 0.2) is 24.3 Å². The van der Waals surface area contributed by atoms with Gasteiger partial charge in [0.15, 0.2) is 0 Å². The summed E-state index contributed by atoms with van der Waals surface area (Å²) in [4.78, 5) is 0. The highest BCUT2D eigenvalue weighted by Gasteiger charge is 2.76. The van der Waals surface area contributed by atoms with Crippen LogP contribution in [0.25, 0.3) is 11.1 Å². The zero-order chi connectivity index (χ0) is 26.9. The minimum Gasteiger partial charge on any atom is -0.0654 e. The van der Waals surface area contributed by atoms with Crippen molar-refractivity contribution in [2.45, 2.75) is 155 Å². The molecule has 0 amide bonds. The van der Waals surface area contributed by atoms with Crippen LogP contribution in [0, 0.1) is 11.3 Å². The summed E-state index contributed by atoms with van der Waals surface area (Å²) < 4.78 is 0. The summed E-state index contributed by atoms with van der Waals surface area (Å²) >= 11 is 0. The maximum absolute atomic E-state index is 2.74. The molecule has 0 heterocycles. The van der Waals surface area contributed by atoms with Crippen molar-refractivity contribution in [3.63, 3.8) is 0 Å². The predicted octanol–water partition coefficient (Wildman–Crippen LogP) is 11.0. The van der Waals surface area contributed by atoms with E-state index in [2.05, 4.69) is 72.7 Å². The van der Waals surface area contributed by atoms with Crippen molar-refractivity contribution in [1.29, 1.82) is 0 Å². The molecule has 0 aromatic heterocycles. The van der Waals surface area contributed by atoms with Gasteiger partial charge in [0.1, 0.15) is 0 Å². The molecule has 0 radical (unpaired) electrons. The second kappa shape index (κ2) is 9.24. The van der Waals surface area contributed by atoms with E-state index < -0.39 is 0 Å². The quantitative estimate of drug-likeness (QED) is 0.249. The summed E-state index contributed by atoms with van der Waals surface area (Å²) in [5.41, 5.74) is 14.6. The van der Waals surface area contributed by atoms with Gasteiger partial charge in [-0.3, -0.25) is 0 Å². The van der Waals surface area contributed by atoms with Crippen LogP contribution < -0.4 is 0 Å². The van der Waals surface area contributed by atoms with Crippen LogP contribution in [0.2, 0.25) is 0 Å². The van der Waals surface area contributed by atoms with E-state index in [0.717, 1.165) is 5.92 Å². The molecule has 4 aliphatic rings. The maximum atomic E-state index is 2.74. The molecule has 2 atom stereocenters. The van der Waals surface area contributed by atoms with Crippen LogP contribution in [0.3, 0.4) is 0 Å². The molecule has 1 fully saturated rings. The molecule has 4 aliphatic carbocycles. The van der Waals surface area contributed by atoms with Crippen molar-refractivity contribution in [3.05, 3.63) is 57.6 Å². The Morgan fingerprint density at radius 1 is 0.579 bits per heavy atom. The van der Waals surface area contributed by atoms with Gasteiger partial charge in [-0.2, -0.15) is 0 Å². The smallest absolute Gasteiger partial charge is 0.0305 e. The Morgan fingerprint density at radius 3 is 1.53 bits per heavy atom. The van der Waals surface area contributed by atoms with Crippen molar-refractivity contribution in [1.82, 2.24) is 0 Å². The largest absolute Gasteiger partial charge is 0.0654 e. The molecular weight excluding hydrogens is 456 g/mol. The zero-order valence-corrected chi connectivity index (χ0v) is 25.8. The van der Waals surface area contributed by atoms with Gasteiger partial charge in [-0.25, -0.2) is 0 Å². The molecule has 1 spiro atoms. The molecule has 0 nitrogen and oxygen atoms in total. The van der Waals surface area contributed by atoms with Crippen LogP contribution in [-0.2, 0) is 29.1 Å². The van der Waals surface area contributed by atoms with Crippen molar-refractivity contribution < 1.29 is 0 Å². The third kappa shape index (κ3) is 3.67. The molecule has 2 aromatic rings.